The van der Waals surface area contributed by atoms with E-state index in [1.807, 2.05) is 52.5 Å². The number of guanidine groups is 1. The van der Waals surface area contributed by atoms with Crippen LogP contribution in [-0.2, 0) is 0 Å². The van der Waals surface area contributed by atoms with Gasteiger partial charge in [0.1, 0.15) is 0 Å². The third-order valence-electron chi connectivity index (χ3n) is 2.70. The fourth-order valence-corrected chi connectivity index (χ4v) is 3.37. The minimum absolute atomic E-state index is 0. The second kappa shape index (κ2) is 11.3. The molecule has 0 aromatic carbocycles. The van der Waals surface area contributed by atoms with Gasteiger partial charge in [0.25, 0.3) is 5.96 Å². The molecule has 0 amide bonds. The number of hydrazone groups is 2. The Bertz CT molecular complexity index is 804. The number of rotatable bonds is 6. The van der Waals surface area contributed by atoms with Gasteiger partial charge in [-0.2, -0.15) is 15.3 Å². The van der Waals surface area contributed by atoms with Crippen molar-refractivity contribution in [2.45, 2.75) is 0 Å². The van der Waals surface area contributed by atoms with E-state index in [1.54, 1.807) is 52.7 Å². The molecule has 0 radical (unpaired) electrons. The molecule has 0 aliphatic heterocycles. The van der Waals surface area contributed by atoms with Crippen LogP contribution in [0, 0.1) is 0 Å². The van der Waals surface area contributed by atoms with Gasteiger partial charge in [0.15, 0.2) is 0 Å². The molecule has 0 unspecified atom stereocenters. The van der Waals surface area contributed by atoms with Crippen LogP contribution in [0.2, 0.25) is 0 Å². The first-order valence-electron chi connectivity index (χ1n) is 7.20. The van der Waals surface area contributed by atoms with Crippen LogP contribution in [0.3, 0.4) is 0 Å². The average Bonchev–Trinajstić information content (AvgIpc) is 3.38. The van der Waals surface area contributed by atoms with Crippen LogP contribution in [0.4, 0.5) is 0 Å². The summed E-state index contributed by atoms with van der Waals surface area (Å²) in [6.45, 7) is 0. The summed E-state index contributed by atoms with van der Waals surface area (Å²) in [6.07, 6.45) is 5.11. The Balaban J connectivity index is 0.00000243. The molecule has 0 saturated heterocycles. The number of nitrogens with one attached hydrogen (secondary N) is 2. The zero-order chi connectivity index (χ0) is 17.2. The molecule has 6 nitrogen and oxygen atoms in total. The van der Waals surface area contributed by atoms with Crippen LogP contribution in [0.1, 0.15) is 14.6 Å². The molecule has 10 heteroatoms. The summed E-state index contributed by atoms with van der Waals surface area (Å²) >= 11 is 4.79. The van der Waals surface area contributed by atoms with E-state index in [-0.39, 0.29) is 12.4 Å². The van der Waals surface area contributed by atoms with Crippen molar-refractivity contribution in [2.75, 3.05) is 0 Å². The molecule has 3 aromatic rings. The number of thiophene rings is 3. The predicted molar refractivity (Wildman–Crippen MR) is 117 cm³/mol. The summed E-state index contributed by atoms with van der Waals surface area (Å²) in [6, 6.07) is 11.8. The Morgan fingerprint density at radius 3 is 1.62 bits per heavy atom. The van der Waals surface area contributed by atoms with E-state index in [0.717, 1.165) is 14.6 Å². The molecule has 0 atom stereocenters. The van der Waals surface area contributed by atoms with Gasteiger partial charge in [-0.3, -0.25) is 0 Å². The Kier molecular flexibility index (Phi) is 8.70. The third kappa shape index (κ3) is 6.89. The Labute approximate surface area is 169 Å². The lowest BCUT2D eigenvalue weighted by atomic mass is 10.5. The van der Waals surface area contributed by atoms with Crippen LogP contribution < -0.4 is 10.9 Å². The van der Waals surface area contributed by atoms with Gasteiger partial charge in [-0.05, 0) is 34.3 Å². The zero-order valence-electron chi connectivity index (χ0n) is 13.4. The van der Waals surface area contributed by atoms with Gasteiger partial charge in [0.2, 0.25) is 0 Å². The highest BCUT2D eigenvalue weighted by Crippen LogP contribution is 2.05. The molecule has 2 N–H and O–H groups in total. The molecule has 0 aliphatic rings. The number of hydrogen-bond acceptors (Lipinski definition) is 7. The Morgan fingerprint density at radius 1 is 0.731 bits per heavy atom. The third-order valence-corrected chi connectivity index (χ3v) is 5.12. The van der Waals surface area contributed by atoms with Crippen molar-refractivity contribution < 1.29 is 0 Å². The Hall–Kier alpha value is -2.33. The van der Waals surface area contributed by atoms with E-state index in [9.17, 15) is 0 Å². The van der Waals surface area contributed by atoms with Crippen molar-refractivity contribution in [1.29, 1.82) is 0 Å². The lowest BCUT2D eigenvalue weighted by Gasteiger charge is -2.01. The van der Waals surface area contributed by atoms with Crippen LogP contribution in [0.25, 0.3) is 0 Å². The first kappa shape index (κ1) is 20.0. The second-order valence-corrected chi connectivity index (χ2v) is 7.42. The predicted octanol–water partition coefficient (Wildman–Crippen LogP) is 4.23. The average molecular weight is 423 g/mol. The Morgan fingerprint density at radius 2 is 1.19 bits per heavy atom. The number of nitrogens with zero attached hydrogens (tertiary/aromatic N) is 4. The minimum Gasteiger partial charge on any atom is -0.244 e. The van der Waals surface area contributed by atoms with E-state index in [1.165, 1.54) is 0 Å². The summed E-state index contributed by atoms with van der Waals surface area (Å²) in [7, 11) is 0. The molecule has 0 aliphatic carbocycles. The van der Waals surface area contributed by atoms with Crippen molar-refractivity contribution in [3.8, 4) is 0 Å². The molecule has 0 bridgehead atoms. The smallest absolute Gasteiger partial charge is 0.244 e. The van der Waals surface area contributed by atoms with Gasteiger partial charge in [-0.25, -0.2) is 10.9 Å². The van der Waals surface area contributed by atoms with Crippen LogP contribution in [0.5, 0.6) is 0 Å². The number of hydrogen-bond donors (Lipinski definition) is 2. The molecule has 3 aromatic heterocycles. The highest BCUT2D eigenvalue weighted by Gasteiger charge is 1.95. The maximum Gasteiger partial charge on any atom is 0.257 e. The zero-order valence-corrected chi connectivity index (χ0v) is 16.6. The first-order valence-corrected chi connectivity index (χ1v) is 9.84. The van der Waals surface area contributed by atoms with Gasteiger partial charge in [-0.15, -0.1) is 51.5 Å². The van der Waals surface area contributed by atoms with Crippen LogP contribution >= 0.6 is 46.4 Å². The molecule has 0 saturated carbocycles. The molecule has 134 valence electrons. The number of halogens is 1. The fraction of sp³-hybridized carbons (Fsp3) is 0. The lowest BCUT2D eigenvalue weighted by Crippen LogP contribution is -2.30. The summed E-state index contributed by atoms with van der Waals surface area (Å²) in [5.74, 6) is 0.327. The van der Waals surface area contributed by atoms with Gasteiger partial charge in [-0.1, -0.05) is 18.2 Å². The van der Waals surface area contributed by atoms with E-state index >= 15 is 0 Å². The molecule has 0 fully saturated rings. The normalized spacial score (nSPS) is 11.1. The summed E-state index contributed by atoms with van der Waals surface area (Å²) < 4.78 is 0. The molecular formula is C16H15ClN6S3. The molecule has 3 rings (SSSR count). The lowest BCUT2D eigenvalue weighted by molar-refractivity contribution is 0.891. The summed E-state index contributed by atoms with van der Waals surface area (Å²) in [5, 5.41) is 22.4. The summed E-state index contributed by atoms with van der Waals surface area (Å²) in [5.41, 5.74) is 5.63. The molecule has 0 spiro atoms. The highest BCUT2D eigenvalue weighted by molar-refractivity contribution is 7.12. The quantitative estimate of drug-likeness (QED) is 0.354. The standard InChI is InChI=1S/C16H14N6S3.ClH/c1-4-13(23-7-1)10-17-20-16(21-18-11-14-5-2-8-24-14)22-19-12-15-6-3-9-25-15;/h1-12H,(H2,20,21,22);1H. The van der Waals surface area contributed by atoms with Crippen molar-refractivity contribution >= 4 is 71.0 Å². The van der Waals surface area contributed by atoms with Crippen molar-refractivity contribution in [3.05, 3.63) is 67.2 Å². The molecule has 3 heterocycles. The fourth-order valence-electron chi connectivity index (χ4n) is 1.62. The minimum atomic E-state index is 0. The van der Waals surface area contributed by atoms with Crippen molar-refractivity contribution in [3.63, 3.8) is 0 Å². The van der Waals surface area contributed by atoms with Gasteiger partial charge < -0.3 is 0 Å². The second-order valence-electron chi connectivity index (χ2n) is 4.48. The largest absolute Gasteiger partial charge is 0.257 e. The topological polar surface area (TPSA) is 73.5 Å². The van der Waals surface area contributed by atoms with Crippen LogP contribution in [0.15, 0.2) is 72.9 Å². The van der Waals surface area contributed by atoms with E-state index in [4.69, 9.17) is 0 Å². The monoisotopic (exact) mass is 422 g/mol. The van der Waals surface area contributed by atoms with E-state index < -0.39 is 0 Å². The maximum absolute atomic E-state index is 4.15. The maximum atomic E-state index is 4.15. The van der Waals surface area contributed by atoms with Gasteiger partial charge in [0, 0.05) is 14.6 Å². The van der Waals surface area contributed by atoms with E-state index in [2.05, 4.69) is 31.3 Å². The molecular weight excluding hydrogens is 408 g/mol. The van der Waals surface area contributed by atoms with Crippen molar-refractivity contribution in [1.82, 2.24) is 10.9 Å². The molecule has 26 heavy (non-hydrogen) atoms. The van der Waals surface area contributed by atoms with Crippen LogP contribution in [-0.4, -0.2) is 24.6 Å². The van der Waals surface area contributed by atoms with Gasteiger partial charge >= 0.3 is 0 Å². The first-order chi connectivity index (χ1) is 12.4. The summed E-state index contributed by atoms with van der Waals surface area (Å²) in [4.78, 5) is 3.10. The van der Waals surface area contributed by atoms with E-state index in [0.29, 0.717) is 5.96 Å². The van der Waals surface area contributed by atoms with Crippen molar-refractivity contribution in [2.24, 2.45) is 20.4 Å². The SMILES string of the molecule is C(=NN=C(NN=Cc1cccs1)NN=Cc1cccs1)c1cccs1.Cl. The van der Waals surface area contributed by atoms with Gasteiger partial charge in [0.05, 0.1) is 18.6 Å². The highest BCUT2D eigenvalue weighted by atomic mass is 35.5.